The minimum absolute atomic E-state index is 1.01. The van der Waals surface area contributed by atoms with Crippen LogP contribution >= 0.6 is 0 Å². The smallest absolute Gasteiger partial charge is 0.0440 e. The van der Waals surface area contributed by atoms with Crippen LogP contribution < -0.4 is 0 Å². The molecule has 0 aliphatic heterocycles. The van der Waals surface area contributed by atoms with Crippen LogP contribution in [0.5, 0.6) is 0 Å². The van der Waals surface area contributed by atoms with Crippen molar-refractivity contribution in [3.05, 3.63) is 0 Å². The average molecular weight is 168 g/mol. The van der Waals surface area contributed by atoms with Gasteiger partial charge in [-0.05, 0) is 18.3 Å². The van der Waals surface area contributed by atoms with Gasteiger partial charge in [0.15, 0.2) is 0 Å². The average Bonchev–Trinajstić information content (AvgIpc) is 1.81. The molecule has 0 bridgehead atoms. The van der Waals surface area contributed by atoms with E-state index in [0.29, 0.717) is 0 Å². The van der Waals surface area contributed by atoms with Crippen LogP contribution in [0.4, 0.5) is 0 Å². The van der Waals surface area contributed by atoms with E-state index in [1.807, 2.05) is 0 Å². The molecule has 2 aliphatic rings. The van der Waals surface area contributed by atoms with E-state index >= 15 is 0 Å². The molecule has 72 valence electrons. The highest BCUT2D eigenvalue weighted by molar-refractivity contribution is 4.66. The van der Waals surface area contributed by atoms with Gasteiger partial charge in [-0.15, -0.1) is 0 Å². The van der Waals surface area contributed by atoms with E-state index in [9.17, 15) is 0 Å². The number of hydrogen-bond acceptors (Lipinski definition) is 0. The Hall–Kier alpha value is 0. The number of hydrogen-bond donors (Lipinski definition) is 0. The Kier molecular flexibility index (Phi) is 4.72. The summed E-state index contributed by atoms with van der Waals surface area (Å²) in [6.07, 6.45) is 11.9. The van der Waals surface area contributed by atoms with Gasteiger partial charge in [-0.1, -0.05) is 58.8 Å². The summed E-state index contributed by atoms with van der Waals surface area (Å²) in [5.41, 5.74) is 0. The van der Waals surface area contributed by atoms with Crippen LogP contribution in [-0.4, -0.2) is 0 Å². The molecule has 2 aliphatic carbocycles. The van der Waals surface area contributed by atoms with Gasteiger partial charge in [0.1, 0.15) is 0 Å². The fraction of sp³-hybridized carbons (Fsp3) is 1.00. The topological polar surface area (TPSA) is 0 Å². The van der Waals surface area contributed by atoms with Crippen molar-refractivity contribution in [1.82, 2.24) is 0 Å². The van der Waals surface area contributed by atoms with Gasteiger partial charge in [0, 0.05) is 0 Å². The second-order valence-electron chi connectivity index (χ2n) is 4.79. The summed E-state index contributed by atoms with van der Waals surface area (Å²) in [6, 6.07) is 0. The summed E-state index contributed by atoms with van der Waals surface area (Å²) < 4.78 is 0. The van der Waals surface area contributed by atoms with E-state index in [0.717, 1.165) is 11.8 Å². The minimum Gasteiger partial charge on any atom is -0.0625 e. The van der Waals surface area contributed by atoms with Crippen LogP contribution in [0.1, 0.15) is 65.2 Å². The highest BCUT2D eigenvalue weighted by Crippen LogP contribution is 2.27. The van der Waals surface area contributed by atoms with Crippen LogP contribution in [0.2, 0.25) is 0 Å². The van der Waals surface area contributed by atoms with E-state index < -0.39 is 0 Å². The molecule has 2 saturated carbocycles. The zero-order chi connectivity index (χ0) is 8.81. The van der Waals surface area contributed by atoms with Gasteiger partial charge >= 0.3 is 0 Å². The van der Waals surface area contributed by atoms with E-state index in [4.69, 9.17) is 0 Å². The molecule has 2 fully saturated rings. The highest BCUT2D eigenvalue weighted by atomic mass is 14.2. The molecule has 12 heavy (non-hydrogen) atoms. The van der Waals surface area contributed by atoms with E-state index in [2.05, 4.69) is 13.8 Å². The molecule has 0 heteroatoms. The maximum atomic E-state index is 2.37. The predicted molar refractivity (Wildman–Crippen MR) is 55.3 cm³/mol. The number of rotatable bonds is 0. The van der Waals surface area contributed by atoms with E-state index in [1.165, 1.54) is 51.4 Å². The van der Waals surface area contributed by atoms with Crippen LogP contribution in [0, 0.1) is 11.8 Å². The van der Waals surface area contributed by atoms with Crippen LogP contribution in [0.25, 0.3) is 0 Å². The third-order valence-electron chi connectivity index (χ3n) is 3.20. The lowest BCUT2D eigenvalue weighted by atomic mass is 9.84. The molecule has 0 nitrogen and oxygen atoms in total. The Morgan fingerprint density at radius 3 is 1.25 bits per heavy atom. The van der Waals surface area contributed by atoms with Gasteiger partial charge in [-0.25, -0.2) is 0 Å². The van der Waals surface area contributed by atoms with Gasteiger partial charge in [-0.2, -0.15) is 0 Å². The standard InChI is InChI=1S/C8H16.C4H8/c1-7-4-3-5-8(2)6-7;1-2-4-3-1/h7-8H,3-6H2,1-2H3;1-4H2. The van der Waals surface area contributed by atoms with Crippen molar-refractivity contribution in [2.24, 2.45) is 11.8 Å². The first kappa shape index (κ1) is 10.1. The SMILES string of the molecule is C1CCC1.CC1CCCC(C)C1. The molecule has 2 rings (SSSR count). The molecule has 0 aromatic heterocycles. The predicted octanol–water partition coefficient (Wildman–Crippen LogP) is 4.39. The molecular weight excluding hydrogens is 144 g/mol. The van der Waals surface area contributed by atoms with Crippen LogP contribution in [0.3, 0.4) is 0 Å². The second kappa shape index (κ2) is 5.61. The van der Waals surface area contributed by atoms with Crippen molar-refractivity contribution in [3.8, 4) is 0 Å². The fourth-order valence-corrected chi connectivity index (χ4v) is 1.99. The molecule has 0 aromatic carbocycles. The van der Waals surface area contributed by atoms with Crippen molar-refractivity contribution in [2.45, 2.75) is 65.2 Å². The molecule has 0 heterocycles. The lowest BCUT2D eigenvalue weighted by Crippen LogP contribution is -2.09. The normalized spacial score (nSPS) is 34.5. The fourth-order valence-electron chi connectivity index (χ4n) is 1.99. The van der Waals surface area contributed by atoms with Gasteiger partial charge in [0.05, 0.1) is 0 Å². The monoisotopic (exact) mass is 168 g/mol. The molecule has 2 unspecified atom stereocenters. The first-order valence-corrected chi connectivity index (χ1v) is 5.79. The van der Waals surface area contributed by atoms with Gasteiger partial charge in [0.25, 0.3) is 0 Å². The quantitative estimate of drug-likeness (QED) is 0.503. The maximum absolute atomic E-state index is 2.37. The Balaban J connectivity index is 0.000000150. The summed E-state index contributed by atoms with van der Waals surface area (Å²) in [6.45, 7) is 4.74. The third kappa shape index (κ3) is 4.13. The Labute approximate surface area is 77.7 Å². The Morgan fingerprint density at radius 1 is 0.667 bits per heavy atom. The van der Waals surface area contributed by atoms with E-state index in [-0.39, 0.29) is 0 Å². The molecule has 0 radical (unpaired) electrons. The molecule has 0 spiro atoms. The van der Waals surface area contributed by atoms with Gasteiger partial charge in [0.2, 0.25) is 0 Å². The van der Waals surface area contributed by atoms with Crippen molar-refractivity contribution >= 4 is 0 Å². The summed E-state index contributed by atoms with van der Waals surface area (Å²) >= 11 is 0. The van der Waals surface area contributed by atoms with E-state index in [1.54, 1.807) is 0 Å². The molecule has 0 saturated heterocycles. The van der Waals surface area contributed by atoms with Crippen molar-refractivity contribution in [2.75, 3.05) is 0 Å². The summed E-state index contributed by atoms with van der Waals surface area (Å²) in [4.78, 5) is 0. The first-order chi connectivity index (χ1) is 5.79. The van der Waals surface area contributed by atoms with Crippen molar-refractivity contribution < 1.29 is 0 Å². The second-order valence-corrected chi connectivity index (χ2v) is 4.79. The maximum Gasteiger partial charge on any atom is -0.0440 e. The third-order valence-corrected chi connectivity index (χ3v) is 3.20. The highest BCUT2D eigenvalue weighted by Gasteiger charge is 2.13. The lowest BCUT2D eigenvalue weighted by molar-refractivity contribution is 0.301. The molecule has 2 atom stereocenters. The Morgan fingerprint density at radius 2 is 1.08 bits per heavy atom. The largest absolute Gasteiger partial charge is 0.0625 e. The summed E-state index contributed by atoms with van der Waals surface area (Å²) in [5, 5.41) is 0. The van der Waals surface area contributed by atoms with Crippen molar-refractivity contribution in [1.29, 1.82) is 0 Å². The lowest BCUT2D eigenvalue weighted by Gasteiger charge is -2.22. The van der Waals surface area contributed by atoms with Crippen LogP contribution in [-0.2, 0) is 0 Å². The summed E-state index contributed by atoms with van der Waals surface area (Å²) in [7, 11) is 0. The molecule has 0 N–H and O–H groups in total. The van der Waals surface area contributed by atoms with Crippen LogP contribution in [0.15, 0.2) is 0 Å². The molecule has 0 amide bonds. The molecular formula is C12H24. The summed E-state index contributed by atoms with van der Waals surface area (Å²) in [5.74, 6) is 2.03. The van der Waals surface area contributed by atoms with Crippen molar-refractivity contribution in [3.63, 3.8) is 0 Å². The molecule has 0 aromatic rings. The zero-order valence-electron chi connectivity index (χ0n) is 8.81. The van der Waals surface area contributed by atoms with Gasteiger partial charge in [-0.3, -0.25) is 0 Å². The Bertz CT molecular complexity index is 90.6. The zero-order valence-corrected chi connectivity index (χ0v) is 8.81. The minimum atomic E-state index is 1.01. The first-order valence-electron chi connectivity index (χ1n) is 5.79. The van der Waals surface area contributed by atoms with Gasteiger partial charge < -0.3 is 0 Å².